The van der Waals surface area contributed by atoms with Crippen LogP contribution in [0.5, 0.6) is 0 Å². The van der Waals surface area contributed by atoms with Crippen molar-refractivity contribution in [2.75, 3.05) is 6.54 Å². The Hall–Kier alpha value is -3.81. The van der Waals surface area contributed by atoms with E-state index < -0.39 is 0 Å². The van der Waals surface area contributed by atoms with Crippen molar-refractivity contribution in [1.29, 1.82) is 0 Å². The number of amides is 1. The number of furan rings is 1. The summed E-state index contributed by atoms with van der Waals surface area (Å²) in [6.45, 7) is 2.34. The van der Waals surface area contributed by atoms with Crippen LogP contribution in [0, 0.1) is 6.92 Å². The Balaban J connectivity index is 1.48. The van der Waals surface area contributed by atoms with E-state index in [1.54, 1.807) is 41.7 Å². The predicted octanol–water partition coefficient (Wildman–Crippen LogP) is 2.60. The van der Waals surface area contributed by atoms with Gasteiger partial charge in [-0.3, -0.25) is 9.78 Å². The highest BCUT2D eigenvalue weighted by Gasteiger charge is 2.17. The number of pyridine rings is 1. The van der Waals surface area contributed by atoms with Crippen molar-refractivity contribution in [3.63, 3.8) is 0 Å². The second kappa shape index (κ2) is 7.83. The van der Waals surface area contributed by atoms with Crippen LogP contribution in [-0.4, -0.2) is 37.2 Å². The van der Waals surface area contributed by atoms with Crippen LogP contribution in [0.25, 0.3) is 17.4 Å². The molecule has 0 saturated carbocycles. The Morgan fingerprint density at radius 3 is 2.82 bits per heavy atom. The molecular weight excluding hydrogens is 356 g/mol. The van der Waals surface area contributed by atoms with Crippen molar-refractivity contribution in [2.45, 2.75) is 13.3 Å². The van der Waals surface area contributed by atoms with E-state index in [1.165, 1.54) is 6.20 Å². The van der Waals surface area contributed by atoms with Crippen LogP contribution >= 0.6 is 0 Å². The highest BCUT2D eigenvalue weighted by molar-refractivity contribution is 5.95. The van der Waals surface area contributed by atoms with Crippen LogP contribution < -0.4 is 5.32 Å². The topological polar surface area (TPSA) is 98.7 Å². The van der Waals surface area contributed by atoms with Crippen LogP contribution in [-0.2, 0) is 6.42 Å². The minimum absolute atomic E-state index is 0.181. The molecule has 8 nitrogen and oxygen atoms in total. The first-order valence-electron chi connectivity index (χ1n) is 8.81. The Bertz CT molecular complexity index is 1070. The van der Waals surface area contributed by atoms with E-state index in [0.29, 0.717) is 35.2 Å². The van der Waals surface area contributed by atoms with Crippen molar-refractivity contribution in [3.8, 4) is 17.4 Å². The molecule has 4 aromatic heterocycles. The summed E-state index contributed by atoms with van der Waals surface area (Å²) in [5.74, 6) is 0.838. The fourth-order valence-corrected chi connectivity index (χ4v) is 2.81. The van der Waals surface area contributed by atoms with Gasteiger partial charge >= 0.3 is 0 Å². The lowest BCUT2D eigenvalue weighted by molar-refractivity contribution is 0.0953. The van der Waals surface area contributed by atoms with Crippen molar-refractivity contribution < 1.29 is 9.21 Å². The van der Waals surface area contributed by atoms with Crippen LogP contribution in [0.3, 0.4) is 0 Å². The summed E-state index contributed by atoms with van der Waals surface area (Å²) in [5.41, 5.74) is 2.92. The first-order chi connectivity index (χ1) is 13.7. The number of nitrogens with one attached hydrogen (secondary N) is 1. The summed E-state index contributed by atoms with van der Waals surface area (Å²) in [6.07, 6.45) is 8.96. The number of hydrogen-bond donors (Lipinski definition) is 1. The molecule has 0 atom stereocenters. The maximum atomic E-state index is 12.5. The van der Waals surface area contributed by atoms with Gasteiger partial charge in [0.2, 0.25) is 0 Å². The number of rotatable bonds is 6. The Labute approximate surface area is 161 Å². The summed E-state index contributed by atoms with van der Waals surface area (Å²) in [7, 11) is 0. The second-order valence-corrected chi connectivity index (χ2v) is 6.14. The molecule has 0 aliphatic heterocycles. The van der Waals surface area contributed by atoms with Crippen molar-refractivity contribution in [1.82, 2.24) is 30.0 Å². The molecule has 0 radical (unpaired) electrons. The smallest absolute Gasteiger partial charge is 0.254 e. The molecule has 140 valence electrons. The van der Waals surface area contributed by atoms with Gasteiger partial charge in [-0.2, -0.15) is 5.10 Å². The van der Waals surface area contributed by atoms with E-state index >= 15 is 0 Å². The van der Waals surface area contributed by atoms with E-state index in [2.05, 4.69) is 25.4 Å². The van der Waals surface area contributed by atoms with Gasteiger partial charge in [0, 0.05) is 25.1 Å². The number of hydrogen-bond acceptors (Lipinski definition) is 6. The minimum Gasteiger partial charge on any atom is -0.463 e. The molecule has 8 heteroatoms. The Morgan fingerprint density at radius 2 is 2.04 bits per heavy atom. The number of carbonyl (C=O) groups excluding carboxylic acids is 1. The molecule has 0 unspecified atom stereocenters. The van der Waals surface area contributed by atoms with Crippen LogP contribution in [0.4, 0.5) is 0 Å². The maximum absolute atomic E-state index is 12.5. The summed E-state index contributed by atoms with van der Waals surface area (Å²) in [6, 6.07) is 9.24. The molecule has 0 aliphatic rings. The van der Waals surface area contributed by atoms with Gasteiger partial charge < -0.3 is 9.73 Å². The molecule has 4 rings (SSSR count). The average Bonchev–Trinajstić information content (AvgIpc) is 3.39. The van der Waals surface area contributed by atoms with E-state index in [9.17, 15) is 4.79 Å². The molecule has 0 aliphatic carbocycles. The third-order valence-corrected chi connectivity index (χ3v) is 4.31. The lowest BCUT2D eigenvalue weighted by Gasteiger charge is -2.06. The Morgan fingerprint density at radius 1 is 1.18 bits per heavy atom. The zero-order valence-electron chi connectivity index (χ0n) is 15.2. The standard InChI is InChI=1S/C20H18N6O2/c1-14-16(19(27)22-10-6-15-4-8-21-9-5-15)13-24-26(14)20-23-11-7-17(25-20)18-3-2-12-28-18/h2-5,7-9,11-13H,6,10H2,1H3,(H,22,27). The minimum atomic E-state index is -0.181. The molecule has 0 spiro atoms. The monoisotopic (exact) mass is 374 g/mol. The summed E-state index contributed by atoms with van der Waals surface area (Å²) < 4.78 is 6.92. The first kappa shape index (κ1) is 17.6. The molecule has 0 saturated heterocycles. The number of nitrogens with zero attached hydrogens (tertiary/aromatic N) is 5. The first-order valence-corrected chi connectivity index (χ1v) is 8.81. The molecule has 28 heavy (non-hydrogen) atoms. The quantitative estimate of drug-likeness (QED) is 0.557. The van der Waals surface area contributed by atoms with Gasteiger partial charge in [-0.1, -0.05) is 0 Å². The number of carbonyl (C=O) groups is 1. The zero-order valence-corrected chi connectivity index (χ0v) is 15.2. The van der Waals surface area contributed by atoms with E-state index in [-0.39, 0.29) is 5.91 Å². The highest BCUT2D eigenvalue weighted by atomic mass is 16.3. The average molecular weight is 374 g/mol. The summed E-state index contributed by atoms with van der Waals surface area (Å²) >= 11 is 0. The summed E-state index contributed by atoms with van der Waals surface area (Å²) in [4.78, 5) is 25.3. The fraction of sp³-hybridized carbons (Fsp3) is 0.150. The van der Waals surface area contributed by atoms with Crippen molar-refractivity contribution >= 4 is 5.91 Å². The van der Waals surface area contributed by atoms with Gasteiger partial charge in [0.05, 0.1) is 23.7 Å². The third-order valence-electron chi connectivity index (χ3n) is 4.31. The fourth-order valence-electron chi connectivity index (χ4n) is 2.81. The molecule has 4 heterocycles. The van der Waals surface area contributed by atoms with Crippen molar-refractivity contribution in [2.24, 2.45) is 0 Å². The molecule has 0 bridgehead atoms. The number of aromatic nitrogens is 5. The normalized spacial score (nSPS) is 10.8. The lowest BCUT2D eigenvalue weighted by atomic mass is 10.2. The van der Waals surface area contributed by atoms with Gasteiger partial charge in [0.15, 0.2) is 5.76 Å². The van der Waals surface area contributed by atoms with Gasteiger partial charge in [-0.05, 0) is 49.2 Å². The third kappa shape index (κ3) is 3.66. The largest absolute Gasteiger partial charge is 0.463 e. The van der Waals surface area contributed by atoms with Crippen LogP contribution in [0.15, 0.2) is 65.8 Å². The van der Waals surface area contributed by atoms with Crippen LogP contribution in [0.1, 0.15) is 21.6 Å². The van der Waals surface area contributed by atoms with E-state index in [1.807, 2.05) is 25.1 Å². The van der Waals surface area contributed by atoms with Gasteiger partial charge in [0.25, 0.3) is 11.9 Å². The Kier molecular flexibility index (Phi) is 4.92. The van der Waals surface area contributed by atoms with E-state index in [4.69, 9.17) is 4.42 Å². The van der Waals surface area contributed by atoms with Crippen molar-refractivity contribution in [3.05, 3.63) is 78.2 Å². The van der Waals surface area contributed by atoms with Crippen LogP contribution in [0.2, 0.25) is 0 Å². The van der Waals surface area contributed by atoms with Gasteiger partial charge in [0.1, 0.15) is 5.69 Å². The zero-order chi connectivity index (χ0) is 19.3. The molecule has 0 aromatic carbocycles. The second-order valence-electron chi connectivity index (χ2n) is 6.14. The SMILES string of the molecule is Cc1c(C(=O)NCCc2ccncc2)cnn1-c1nccc(-c2ccco2)n1. The molecular formula is C20H18N6O2. The predicted molar refractivity (Wildman–Crippen MR) is 102 cm³/mol. The van der Waals surface area contributed by atoms with Gasteiger partial charge in [-0.15, -0.1) is 0 Å². The molecule has 4 aromatic rings. The molecule has 0 fully saturated rings. The van der Waals surface area contributed by atoms with E-state index in [0.717, 1.165) is 12.0 Å². The maximum Gasteiger partial charge on any atom is 0.254 e. The molecule has 1 N–H and O–H groups in total. The highest BCUT2D eigenvalue weighted by Crippen LogP contribution is 2.18. The van der Waals surface area contributed by atoms with Gasteiger partial charge in [-0.25, -0.2) is 14.6 Å². The lowest BCUT2D eigenvalue weighted by Crippen LogP contribution is -2.26. The summed E-state index contributed by atoms with van der Waals surface area (Å²) in [5, 5.41) is 7.21. The molecule has 1 amide bonds.